The zero-order chi connectivity index (χ0) is 22.1. The van der Waals surface area contributed by atoms with E-state index in [0.717, 1.165) is 35.4 Å². The van der Waals surface area contributed by atoms with Crippen molar-refractivity contribution in [2.75, 3.05) is 31.4 Å². The zero-order valence-electron chi connectivity index (χ0n) is 16.5. The summed E-state index contributed by atoms with van der Waals surface area (Å²) in [6, 6.07) is 13.4. The lowest BCUT2D eigenvalue weighted by atomic mass is 10.1. The first kappa shape index (κ1) is 23.6. The van der Waals surface area contributed by atoms with Gasteiger partial charge in [-0.05, 0) is 36.2 Å². The highest BCUT2D eigenvalue weighted by Gasteiger charge is 2.31. The number of thioether (sulfide) groups is 1. The van der Waals surface area contributed by atoms with Crippen molar-refractivity contribution in [2.45, 2.75) is 11.7 Å². The van der Waals surface area contributed by atoms with Crippen molar-refractivity contribution in [1.82, 2.24) is 10.3 Å². The molecule has 2 aromatic rings. The normalized spacial score (nSPS) is 15.8. The van der Waals surface area contributed by atoms with Crippen molar-refractivity contribution < 1.29 is 27.3 Å². The molecular weight excluding hydrogens is 430 g/mol. The second-order valence-electron chi connectivity index (χ2n) is 6.42. The summed E-state index contributed by atoms with van der Waals surface area (Å²) < 4.78 is 31.6. The Morgan fingerprint density at radius 3 is 2.40 bits per heavy atom. The van der Waals surface area contributed by atoms with Crippen LogP contribution < -0.4 is 15.0 Å². The van der Waals surface area contributed by atoms with Gasteiger partial charge in [0.1, 0.15) is 18.2 Å². The van der Waals surface area contributed by atoms with Crippen LogP contribution in [0.3, 0.4) is 0 Å². The Bertz CT molecular complexity index is 944. The summed E-state index contributed by atoms with van der Waals surface area (Å²) in [7, 11) is -1.69. The fourth-order valence-corrected chi connectivity index (χ4v) is 3.32. The average molecular weight is 454 g/mol. The Labute approximate surface area is 179 Å². The molecule has 2 heterocycles. The van der Waals surface area contributed by atoms with Crippen LogP contribution in [0.5, 0.6) is 5.75 Å². The first-order chi connectivity index (χ1) is 14.1. The number of imide groups is 1. The van der Waals surface area contributed by atoms with Crippen LogP contribution >= 0.6 is 11.8 Å². The van der Waals surface area contributed by atoms with Crippen LogP contribution in [0, 0.1) is 0 Å². The third-order valence-corrected chi connectivity index (χ3v) is 4.83. The maximum Gasteiger partial charge on any atom is 0.286 e. The molecule has 3 rings (SSSR count). The number of hydrogen-bond acceptors (Lipinski definition) is 8. The molecule has 0 spiro atoms. The number of carbonyl (C=O) groups excluding carboxylic acids is 2. The minimum atomic E-state index is -3.67. The van der Waals surface area contributed by atoms with Crippen LogP contribution in [-0.2, 0) is 21.3 Å². The number of anilines is 1. The Morgan fingerprint density at radius 1 is 1.20 bits per heavy atom. The molecule has 0 saturated carbocycles. The predicted molar refractivity (Wildman–Crippen MR) is 116 cm³/mol. The van der Waals surface area contributed by atoms with E-state index in [1.54, 1.807) is 6.20 Å². The van der Waals surface area contributed by atoms with E-state index in [2.05, 4.69) is 10.3 Å². The lowest BCUT2D eigenvalue weighted by Gasteiger charge is -2.18. The number of nitrogens with zero attached hydrogens (tertiary/aromatic N) is 2. The van der Waals surface area contributed by atoms with Gasteiger partial charge in [-0.2, -0.15) is 8.42 Å². The Hall–Kier alpha value is -2.63. The second kappa shape index (κ2) is 11.0. The van der Waals surface area contributed by atoms with E-state index >= 15 is 0 Å². The molecular formula is C19H23N3O6S2. The number of ether oxygens (including phenoxy) is 1. The van der Waals surface area contributed by atoms with Gasteiger partial charge in [-0.1, -0.05) is 30.0 Å². The van der Waals surface area contributed by atoms with Gasteiger partial charge in [0.05, 0.1) is 18.1 Å². The number of aromatic nitrogens is 1. The van der Waals surface area contributed by atoms with E-state index in [9.17, 15) is 18.0 Å². The van der Waals surface area contributed by atoms with Crippen molar-refractivity contribution in [3.63, 3.8) is 0 Å². The van der Waals surface area contributed by atoms with Gasteiger partial charge in [-0.3, -0.25) is 19.5 Å². The average Bonchev–Trinajstić information content (AvgIpc) is 2.99. The summed E-state index contributed by atoms with van der Waals surface area (Å²) in [6.07, 6.45) is 3.01. The first-order valence-electron chi connectivity index (χ1n) is 8.89. The van der Waals surface area contributed by atoms with Crippen molar-refractivity contribution in [3.8, 4) is 5.75 Å². The lowest BCUT2D eigenvalue weighted by molar-refractivity contribution is -0.118. The van der Waals surface area contributed by atoms with Gasteiger partial charge >= 0.3 is 0 Å². The third-order valence-electron chi connectivity index (χ3n) is 3.85. The Morgan fingerprint density at radius 2 is 1.87 bits per heavy atom. The quantitative estimate of drug-likeness (QED) is 0.605. The Balaban J connectivity index is 0.000000575. The molecule has 1 aliphatic heterocycles. The number of rotatable bonds is 7. The van der Waals surface area contributed by atoms with E-state index in [-0.39, 0.29) is 16.4 Å². The van der Waals surface area contributed by atoms with E-state index in [4.69, 9.17) is 9.29 Å². The van der Waals surface area contributed by atoms with Gasteiger partial charge in [-0.25, -0.2) is 4.98 Å². The molecule has 2 N–H and O–H groups in total. The summed E-state index contributed by atoms with van der Waals surface area (Å²) in [5, 5.41) is 1.69. The number of pyridine rings is 1. The van der Waals surface area contributed by atoms with Gasteiger partial charge in [-0.15, -0.1) is 0 Å². The second-order valence-corrected chi connectivity index (χ2v) is 9.06. The van der Waals surface area contributed by atoms with Gasteiger partial charge in [0.15, 0.2) is 0 Å². The Kier molecular flexibility index (Phi) is 8.63. The molecule has 1 aromatic heterocycles. The van der Waals surface area contributed by atoms with Crippen molar-refractivity contribution >= 4 is 38.8 Å². The van der Waals surface area contributed by atoms with Crippen LogP contribution in [0.4, 0.5) is 10.6 Å². The van der Waals surface area contributed by atoms with Gasteiger partial charge in [0.2, 0.25) is 5.91 Å². The smallest absolute Gasteiger partial charge is 0.286 e. The van der Waals surface area contributed by atoms with E-state index in [1.165, 1.54) is 0 Å². The van der Waals surface area contributed by atoms with Gasteiger partial charge in [0.25, 0.3) is 15.4 Å². The molecule has 2 amide bonds. The fourth-order valence-electron chi connectivity index (χ4n) is 2.46. The molecule has 1 aliphatic rings. The molecule has 11 heteroatoms. The summed E-state index contributed by atoms with van der Waals surface area (Å²) in [6.45, 7) is 1.27. The van der Waals surface area contributed by atoms with Crippen LogP contribution in [0.2, 0.25) is 0 Å². The topological polar surface area (TPSA) is 126 Å². The molecule has 1 atom stereocenters. The molecule has 9 nitrogen and oxygen atoms in total. The molecule has 1 aromatic carbocycles. The van der Waals surface area contributed by atoms with E-state index in [0.29, 0.717) is 19.3 Å². The largest absolute Gasteiger partial charge is 0.492 e. The summed E-state index contributed by atoms with van der Waals surface area (Å²) >= 11 is 1.05. The first-order valence-corrected chi connectivity index (χ1v) is 11.6. The van der Waals surface area contributed by atoms with Gasteiger partial charge in [0, 0.05) is 13.2 Å². The fraction of sp³-hybridized carbons (Fsp3) is 0.316. The minimum absolute atomic E-state index is 0.215. The van der Waals surface area contributed by atoms with Crippen molar-refractivity contribution in [2.24, 2.45) is 0 Å². The molecule has 1 unspecified atom stereocenters. The maximum atomic E-state index is 11.6. The standard InChI is InChI=1S/C18H19N3O3S.CH4O3S/c1-21(16-4-2-3-9-19-16)10-11-24-14-7-5-13(6-8-14)12-15-17(22)20-18(23)25-15;1-5(2,3)4/h2-9,15H,10-12H2,1H3,(H,20,22,23);1H3,(H,2,3,4). The SMILES string of the molecule is CN(CCOc1ccc(CC2SC(=O)NC2=O)cc1)c1ccccn1.CS(=O)(=O)O. The molecule has 30 heavy (non-hydrogen) atoms. The third kappa shape index (κ3) is 8.80. The van der Waals surface area contributed by atoms with Crippen LogP contribution in [0.1, 0.15) is 5.56 Å². The summed E-state index contributed by atoms with van der Waals surface area (Å²) in [5.41, 5.74) is 1.00. The minimum Gasteiger partial charge on any atom is -0.492 e. The van der Waals surface area contributed by atoms with E-state index in [1.807, 2.05) is 54.4 Å². The maximum absolute atomic E-state index is 11.6. The van der Waals surface area contributed by atoms with Crippen LogP contribution in [0.25, 0.3) is 0 Å². The summed E-state index contributed by atoms with van der Waals surface area (Å²) in [4.78, 5) is 29.1. The number of likely N-dealkylation sites (N-methyl/N-ethyl adjacent to an activating group) is 1. The molecule has 1 fully saturated rings. The number of carbonyl (C=O) groups is 2. The molecule has 0 radical (unpaired) electrons. The molecule has 162 valence electrons. The molecule has 1 saturated heterocycles. The van der Waals surface area contributed by atoms with Crippen LogP contribution in [0.15, 0.2) is 48.7 Å². The monoisotopic (exact) mass is 453 g/mol. The highest BCUT2D eigenvalue weighted by atomic mass is 32.2. The number of benzene rings is 1. The molecule has 0 bridgehead atoms. The van der Waals surface area contributed by atoms with Crippen molar-refractivity contribution in [1.29, 1.82) is 0 Å². The van der Waals surface area contributed by atoms with Gasteiger partial charge < -0.3 is 9.64 Å². The highest BCUT2D eigenvalue weighted by molar-refractivity contribution is 8.15. The summed E-state index contributed by atoms with van der Waals surface area (Å²) in [5.74, 6) is 1.47. The lowest BCUT2D eigenvalue weighted by Crippen LogP contribution is -2.25. The predicted octanol–water partition coefficient (Wildman–Crippen LogP) is 1.99. The van der Waals surface area contributed by atoms with E-state index < -0.39 is 10.1 Å². The highest BCUT2D eigenvalue weighted by Crippen LogP contribution is 2.23. The van der Waals surface area contributed by atoms with Crippen molar-refractivity contribution in [3.05, 3.63) is 54.2 Å². The van der Waals surface area contributed by atoms with Crippen LogP contribution in [-0.4, -0.2) is 60.8 Å². The number of amides is 2. The number of nitrogens with one attached hydrogen (secondary N) is 1. The zero-order valence-corrected chi connectivity index (χ0v) is 18.1. The molecule has 0 aliphatic carbocycles. The number of hydrogen-bond donors (Lipinski definition) is 2.